The average Bonchev–Trinajstić information content (AvgIpc) is 3.40. The number of carbonyl (C=O) groups is 4. The predicted octanol–water partition coefficient (Wildman–Crippen LogP) is 4.24. The summed E-state index contributed by atoms with van der Waals surface area (Å²) in [6.45, 7) is 17.3. The SMILES string of the molecule is CC.CC.CO[C@@H]1CCN(C(=O)c2cccc(N(C=O)CCO[C@@H](C)C(OC(C)=O)C(=O)OC(C)(C)C)c2)C1. The summed E-state index contributed by atoms with van der Waals surface area (Å²) in [6, 6.07) is 6.80. The Morgan fingerprint density at radius 3 is 2.31 bits per heavy atom. The molecule has 1 aliphatic heterocycles. The molecule has 10 heteroatoms. The summed E-state index contributed by atoms with van der Waals surface area (Å²) in [4.78, 5) is 51.7. The number of benzene rings is 1. The van der Waals surface area contributed by atoms with E-state index < -0.39 is 29.7 Å². The topological polar surface area (TPSA) is 112 Å². The van der Waals surface area contributed by atoms with Crippen LogP contribution in [0.2, 0.25) is 0 Å². The van der Waals surface area contributed by atoms with Crippen molar-refractivity contribution in [3.05, 3.63) is 29.8 Å². The molecule has 2 amide bonds. The number of anilines is 1. The molecule has 0 N–H and O–H groups in total. The minimum Gasteiger partial charge on any atom is -0.457 e. The minimum absolute atomic E-state index is 0.0317. The summed E-state index contributed by atoms with van der Waals surface area (Å²) in [6.07, 6.45) is -0.585. The van der Waals surface area contributed by atoms with Gasteiger partial charge in [-0.1, -0.05) is 33.8 Å². The molecular weight excluding hydrogens is 504 g/mol. The van der Waals surface area contributed by atoms with Gasteiger partial charge in [0.25, 0.3) is 5.91 Å². The lowest BCUT2D eigenvalue weighted by Crippen LogP contribution is -2.42. The quantitative estimate of drug-likeness (QED) is 0.296. The van der Waals surface area contributed by atoms with E-state index in [2.05, 4.69) is 0 Å². The molecule has 0 radical (unpaired) electrons. The Balaban J connectivity index is 0.00000344. The molecule has 0 aromatic heterocycles. The van der Waals surface area contributed by atoms with Crippen LogP contribution in [0, 0.1) is 0 Å². The van der Waals surface area contributed by atoms with Crippen LogP contribution in [0.15, 0.2) is 24.3 Å². The summed E-state index contributed by atoms with van der Waals surface area (Å²) in [5.74, 6) is -1.47. The van der Waals surface area contributed by atoms with Crippen molar-refractivity contribution >= 4 is 29.9 Å². The molecule has 1 saturated heterocycles. The number of hydrogen-bond acceptors (Lipinski definition) is 8. The van der Waals surface area contributed by atoms with Crippen LogP contribution in [0.1, 0.15) is 79.1 Å². The Bertz CT molecular complexity index is 900. The van der Waals surface area contributed by atoms with Gasteiger partial charge in [-0.15, -0.1) is 0 Å². The van der Waals surface area contributed by atoms with Crippen LogP contribution in [0.3, 0.4) is 0 Å². The van der Waals surface area contributed by atoms with Crippen LogP contribution in [-0.2, 0) is 33.3 Å². The molecule has 1 aliphatic rings. The number of rotatable bonds is 11. The molecule has 0 aliphatic carbocycles. The summed E-state index contributed by atoms with van der Waals surface area (Å²) in [5.41, 5.74) is 0.249. The normalized spacial score (nSPS) is 15.9. The van der Waals surface area contributed by atoms with Crippen LogP contribution in [-0.4, -0.2) is 86.4 Å². The molecule has 0 saturated carbocycles. The summed E-state index contributed by atoms with van der Waals surface area (Å²) < 4.78 is 21.5. The fourth-order valence-electron chi connectivity index (χ4n) is 3.65. The van der Waals surface area contributed by atoms with E-state index in [1.165, 1.54) is 11.8 Å². The highest BCUT2D eigenvalue weighted by atomic mass is 16.6. The molecule has 1 aromatic rings. The van der Waals surface area contributed by atoms with Crippen molar-refractivity contribution in [3.8, 4) is 0 Å². The van der Waals surface area contributed by atoms with Crippen LogP contribution >= 0.6 is 0 Å². The van der Waals surface area contributed by atoms with E-state index in [1.54, 1.807) is 64.0 Å². The van der Waals surface area contributed by atoms with Crippen molar-refractivity contribution in [1.82, 2.24) is 4.90 Å². The monoisotopic (exact) mass is 552 g/mol. The zero-order valence-electron chi connectivity index (χ0n) is 25.3. The van der Waals surface area contributed by atoms with Crippen molar-refractivity contribution in [1.29, 1.82) is 0 Å². The lowest BCUT2D eigenvalue weighted by Gasteiger charge is -2.27. The lowest BCUT2D eigenvalue weighted by molar-refractivity contribution is -0.184. The third kappa shape index (κ3) is 12.6. The number of ether oxygens (including phenoxy) is 4. The highest BCUT2D eigenvalue weighted by Gasteiger charge is 2.33. The Morgan fingerprint density at radius 2 is 1.79 bits per heavy atom. The Hall–Kier alpha value is -2.98. The van der Waals surface area contributed by atoms with Crippen molar-refractivity contribution < 1.29 is 38.1 Å². The van der Waals surface area contributed by atoms with Crippen molar-refractivity contribution in [2.24, 2.45) is 0 Å². The molecule has 0 spiro atoms. The second-order valence-corrected chi connectivity index (χ2v) is 9.39. The number of carbonyl (C=O) groups excluding carboxylic acids is 4. The Kier molecular flexibility index (Phi) is 16.9. The van der Waals surface area contributed by atoms with E-state index >= 15 is 0 Å². The first-order valence-corrected chi connectivity index (χ1v) is 13.6. The van der Waals surface area contributed by atoms with Gasteiger partial charge in [0.1, 0.15) is 11.7 Å². The first-order chi connectivity index (χ1) is 18.4. The fourth-order valence-corrected chi connectivity index (χ4v) is 3.65. The molecule has 39 heavy (non-hydrogen) atoms. The summed E-state index contributed by atoms with van der Waals surface area (Å²) >= 11 is 0. The van der Waals surface area contributed by atoms with Gasteiger partial charge in [-0.25, -0.2) is 4.79 Å². The lowest BCUT2D eigenvalue weighted by atomic mass is 10.1. The maximum atomic E-state index is 12.9. The van der Waals surface area contributed by atoms with Gasteiger partial charge in [0.05, 0.1) is 12.7 Å². The van der Waals surface area contributed by atoms with Crippen molar-refractivity contribution in [2.75, 3.05) is 38.3 Å². The second-order valence-electron chi connectivity index (χ2n) is 9.39. The zero-order valence-corrected chi connectivity index (χ0v) is 25.3. The number of esters is 2. The molecule has 1 heterocycles. The molecular formula is C29H48N2O8. The maximum absolute atomic E-state index is 12.9. The van der Waals surface area contributed by atoms with E-state index in [0.717, 1.165) is 6.42 Å². The van der Waals surface area contributed by atoms with Gasteiger partial charge in [0, 0.05) is 44.9 Å². The van der Waals surface area contributed by atoms with E-state index in [-0.39, 0.29) is 25.2 Å². The molecule has 0 bridgehead atoms. The number of hydrogen-bond donors (Lipinski definition) is 0. The Morgan fingerprint density at radius 1 is 1.15 bits per heavy atom. The third-order valence-electron chi connectivity index (χ3n) is 5.39. The van der Waals surface area contributed by atoms with Crippen LogP contribution in [0.5, 0.6) is 0 Å². The molecule has 1 fully saturated rings. The molecule has 2 rings (SSSR count). The predicted molar refractivity (Wildman–Crippen MR) is 151 cm³/mol. The summed E-state index contributed by atoms with van der Waals surface area (Å²) in [7, 11) is 1.63. The van der Waals surface area contributed by atoms with E-state index in [0.29, 0.717) is 30.8 Å². The highest BCUT2D eigenvalue weighted by molar-refractivity contribution is 5.96. The standard InChI is InChI=1S/C25H36N2O8.2C2H6/c1-17(22(34-18(2)29)24(31)35-25(3,4)5)33-13-12-27(16-28)20-9-7-8-19(14-20)23(30)26-11-10-21(15-26)32-6;2*1-2/h7-9,14,16-17,21-22H,10-13,15H2,1-6H3;2*1-2H3/t17-,21+,22?;;/m0../s1. The van der Waals surface area contributed by atoms with Gasteiger partial charge in [-0.3, -0.25) is 14.4 Å². The van der Waals surface area contributed by atoms with Gasteiger partial charge in [-0.2, -0.15) is 0 Å². The average molecular weight is 553 g/mol. The Labute approximate surface area is 233 Å². The smallest absolute Gasteiger partial charge is 0.350 e. The third-order valence-corrected chi connectivity index (χ3v) is 5.39. The second kappa shape index (κ2) is 18.3. The zero-order chi connectivity index (χ0) is 30.2. The molecule has 10 nitrogen and oxygen atoms in total. The fraction of sp³-hybridized carbons (Fsp3) is 0.655. The summed E-state index contributed by atoms with van der Waals surface area (Å²) in [5, 5.41) is 0. The maximum Gasteiger partial charge on any atom is 0.350 e. The van der Waals surface area contributed by atoms with Crippen molar-refractivity contribution in [2.45, 2.75) is 92.6 Å². The van der Waals surface area contributed by atoms with Crippen LogP contribution < -0.4 is 4.90 Å². The highest BCUT2D eigenvalue weighted by Crippen LogP contribution is 2.20. The van der Waals surface area contributed by atoms with Gasteiger partial charge >= 0.3 is 11.9 Å². The van der Waals surface area contributed by atoms with Gasteiger partial charge < -0.3 is 28.7 Å². The molecule has 1 unspecified atom stereocenters. The molecule has 1 aromatic carbocycles. The van der Waals surface area contributed by atoms with E-state index in [4.69, 9.17) is 18.9 Å². The van der Waals surface area contributed by atoms with Gasteiger partial charge in [0.2, 0.25) is 12.5 Å². The number of methoxy groups -OCH3 is 1. The minimum atomic E-state index is -1.24. The van der Waals surface area contributed by atoms with Crippen LogP contribution in [0.4, 0.5) is 5.69 Å². The van der Waals surface area contributed by atoms with Gasteiger partial charge in [-0.05, 0) is 52.3 Å². The van der Waals surface area contributed by atoms with Gasteiger partial charge in [0.15, 0.2) is 0 Å². The largest absolute Gasteiger partial charge is 0.457 e. The number of amides is 2. The van der Waals surface area contributed by atoms with Crippen molar-refractivity contribution in [3.63, 3.8) is 0 Å². The number of likely N-dealkylation sites (tertiary alicyclic amines) is 1. The van der Waals surface area contributed by atoms with E-state index in [1.807, 2.05) is 27.7 Å². The first-order valence-electron chi connectivity index (χ1n) is 13.6. The molecule has 3 atom stereocenters. The molecule has 222 valence electrons. The first kappa shape index (κ1) is 36.0. The van der Waals surface area contributed by atoms with E-state index in [9.17, 15) is 19.2 Å². The number of nitrogens with zero attached hydrogens (tertiary/aromatic N) is 2. The van der Waals surface area contributed by atoms with Crippen LogP contribution in [0.25, 0.3) is 0 Å².